The molecule has 0 aliphatic carbocycles. The summed E-state index contributed by atoms with van der Waals surface area (Å²) in [6.07, 6.45) is 6.87. The van der Waals surface area contributed by atoms with E-state index < -0.39 is 0 Å². The fourth-order valence-electron chi connectivity index (χ4n) is 4.67. The molecule has 0 saturated carbocycles. The van der Waals surface area contributed by atoms with E-state index in [2.05, 4.69) is 35.2 Å². The fraction of sp³-hybridized carbons (Fsp3) is 0.0217. The predicted octanol–water partition coefficient (Wildman–Crippen LogP) is 11.0. The number of fused-ring (bicyclic) bond motifs is 2. The third-order valence-corrected chi connectivity index (χ3v) is 8.07. The Morgan fingerprint density at radius 1 is 0.698 bits per heavy atom. The number of hydrogen-bond donors (Lipinski definition) is 1. The number of carbonyl (C=O) groups is 1. The maximum atomic E-state index is 12.0. The van der Waals surface area contributed by atoms with Gasteiger partial charge in [0, 0.05) is 17.2 Å². The van der Waals surface area contributed by atoms with Crippen LogP contribution in [0.3, 0.4) is 0 Å². The number of ether oxygens (including phenoxy) is 1. The number of halogens is 1. The van der Waals surface area contributed by atoms with Crippen LogP contribution in [-0.4, -0.2) is 10.9 Å². The average molecular weight is 811 g/mol. The van der Waals surface area contributed by atoms with Crippen LogP contribution in [0.1, 0.15) is 28.9 Å². The summed E-state index contributed by atoms with van der Waals surface area (Å²) in [4.78, 5) is 23.9. The van der Waals surface area contributed by atoms with Crippen LogP contribution in [0.5, 0.6) is 11.5 Å². The van der Waals surface area contributed by atoms with Gasteiger partial charge in [0.15, 0.2) is 11.2 Å². The van der Waals surface area contributed by atoms with Crippen LogP contribution in [0.25, 0.3) is 28.4 Å². The van der Waals surface area contributed by atoms with Crippen LogP contribution in [0.4, 0.5) is 0 Å². The third kappa shape index (κ3) is 12.1. The second-order valence-corrected chi connectivity index (χ2v) is 11.8. The molecule has 7 heteroatoms. The van der Waals surface area contributed by atoms with Crippen molar-refractivity contribution < 1.29 is 23.7 Å². The molecule has 1 N–H and O–H groups in total. The zero-order valence-electron chi connectivity index (χ0n) is 27.7. The number of aromatic hydroxyl groups is 1. The Morgan fingerprint density at radius 3 is 1.83 bits per heavy atom. The number of benzene rings is 6. The van der Waals surface area contributed by atoms with E-state index in [4.69, 9.17) is 25.3 Å². The van der Waals surface area contributed by atoms with E-state index in [1.807, 2.05) is 133 Å². The summed E-state index contributed by atoms with van der Waals surface area (Å²) in [5.41, 5.74) is 4.06. The van der Waals surface area contributed by atoms with Gasteiger partial charge in [-0.1, -0.05) is 129 Å². The van der Waals surface area contributed by atoms with Crippen LogP contribution in [0.15, 0.2) is 185 Å². The van der Waals surface area contributed by atoms with Crippen molar-refractivity contribution in [3.05, 3.63) is 213 Å². The molecule has 6 aromatic carbocycles. The van der Waals surface area contributed by atoms with E-state index in [9.17, 15) is 9.59 Å². The normalized spacial score (nSPS) is 11.1. The minimum atomic E-state index is -0.0514. The second kappa shape index (κ2) is 21.7. The van der Waals surface area contributed by atoms with Crippen LogP contribution < -0.4 is 10.2 Å². The van der Waals surface area contributed by atoms with Gasteiger partial charge in [-0.05, 0) is 82.8 Å². The molecule has 53 heavy (non-hydrogen) atoms. The molecular formula is C46H35IO6. The van der Waals surface area contributed by atoms with Gasteiger partial charge in [-0.15, -0.1) is 6.42 Å². The first-order chi connectivity index (χ1) is 25.4. The number of allylic oxidation sites excluding steroid dienone is 1. The van der Waals surface area contributed by atoms with Crippen molar-refractivity contribution in [3.63, 3.8) is 0 Å². The van der Waals surface area contributed by atoms with Crippen molar-refractivity contribution in [2.45, 2.75) is 7.43 Å². The van der Waals surface area contributed by atoms with Gasteiger partial charge in [0.05, 0.1) is 14.5 Å². The number of phenolic OH excluding ortho intramolecular Hbond substituents is 1. The molecule has 0 atom stereocenters. The quantitative estimate of drug-likeness (QED) is 0.0617. The second-order valence-electron chi connectivity index (χ2n) is 10.6. The molecule has 0 saturated heterocycles. The molecule has 2 heterocycles. The minimum absolute atomic E-state index is 0. The molecule has 7 aromatic rings. The average Bonchev–Trinajstić information content (AvgIpc) is 3.52. The Labute approximate surface area is 322 Å². The molecule has 0 spiro atoms. The maximum absolute atomic E-state index is 12.0. The Kier molecular flexibility index (Phi) is 16.8. The summed E-state index contributed by atoms with van der Waals surface area (Å²) in [6, 6.07) is 52.2. The van der Waals surface area contributed by atoms with E-state index in [0.29, 0.717) is 39.6 Å². The number of rotatable bonds is 2. The van der Waals surface area contributed by atoms with E-state index in [1.54, 1.807) is 36.4 Å². The molecule has 0 fully saturated rings. The van der Waals surface area contributed by atoms with Gasteiger partial charge < -0.3 is 14.3 Å². The molecule has 1 aromatic heterocycles. The molecule has 6 nitrogen and oxygen atoms in total. The van der Waals surface area contributed by atoms with Gasteiger partial charge >= 0.3 is 11.3 Å². The number of terminal acetylenes is 1. The Bertz CT molecular complexity index is 2340. The standard InChI is InChI=1S/2C15H10O2.C8H6.C6H5IO.CO.CH4/c16-13-10-15(11-6-2-1-3-7-11)17-14-9-5-4-8-12(13)14;16-15-12-8-4-5-9-13(12)17-14(15)10-11-6-2-1-3-7-11;1-2-8-6-4-3-5-7-8;7-5-3-1-2-4-6(5)8;1-2;/h2*1-10H;1,3-7H;1-4,8H;;1H4/b;14-10-;;;;. The van der Waals surface area contributed by atoms with Crippen LogP contribution >= 0.6 is 22.6 Å². The van der Waals surface area contributed by atoms with Crippen LogP contribution in [-0.2, 0) is 4.65 Å². The van der Waals surface area contributed by atoms with Crippen molar-refractivity contribution in [2.24, 2.45) is 0 Å². The molecule has 1 aliphatic heterocycles. The van der Waals surface area contributed by atoms with E-state index in [1.165, 1.54) is 6.07 Å². The van der Waals surface area contributed by atoms with Gasteiger partial charge in [-0.2, -0.15) is 0 Å². The molecule has 8 rings (SSSR count). The molecule has 0 amide bonds. The van der Waals surface area contributed by atoms with Crippen molar-refractivity contribution in [2.75, 3.05) is 0 Å². The Hall–Kier alpha value is -6.43. The topological polar surface area (TPSA) is 96.6 Å². The van der Waals surface area contributed by atoms with Gasteiger partial charge in [-0.3, -0.25) is 9.59 Å². The molecule has 0 unspecified atom stereocenters. The summed E-state index contributed by atoms with van der Waals surface area (Å²) in [7, 11) is 0. The summed E-state index contributed by atoms with van der Waals surface area (Å²) in [5.74, 6) is 4.46. The monoisotopic (exact) mass is 810 g/mol. The van der Waals surface area contributed by atoms with Crippen molar-refractivity contribution in [3.8, 4) is 35.2 Å². The van der Waals surface area contributed by atoms with Gasteiger partial charge in [0.1, 0.15) is 22.8 Å². The first-order valence-corrected chi connectivity index (χ1v) is 16.8. The van der Waals surface area contributed by atoms with E-state index >= 15 is 0 Å². The summed E-state index contributed by atoms with van der Waals surface area (Å²) in [5, 5.41) is 9.53. The van der Waals surface area contributed by atoms with Crippen LogP contribution in [0.2, 0.25) is 0 Å². The SMILES string of the molecule is C.C#Cc1ccccc1.O=C1/C(=C/c2ccccc2)Oc2ccccc21.O=c1cc(-c2ccccc2)oc2ccccc12.Oc1ccccc1I.[C-]#[O+]. The molecule has 1 aliphatic rings. The Morgan fingerprint density at radius 2 is 1.25 bits per heavy atom. The molecular weight excluding hydrogens is 775 g/mol. The number of carbonyl (C=O) groups excluding carboxylic acids is 1. The first kappa shape index (κ1) is 41.0. The van der Waals surface area contributed by atoms with Gasteiger partial charge in [-0.25, -0.2) is 0 Å². The van der Waals surface area contributed by atoms with Crippen molar-refractivity contribution in [1.29, 1.82) is 0 Å². The zero-order chi connectivity index (χ0) is 37.1. The third-order valence-electron chi connectivity index (χ3n) is 7.16. The van der Waals surface area contributed by atoms with Crippen LogP contribution in [0, 0.1) is 22.6 Å². The molecule has 0 bridgehead atoms. The molecule has 0 radical (unpaired) electrons. The molecule has 262 valence electrons. The number of hydrogen-bond acceptors (Lipinski definition) is 5. The number of ketones is 1. The van der Waals surface area contributed by atoms with Crippen molar-refractivity contribution >= 4 is 45.4 Å². The van der Waals surface area contributed by atoms with E-state index in [0.717, 1.165) is 20.3 Å². The summed E-state index contributed by atoms with van der Waals surface area (Å²) >= 11 is 2.07. The van der Waals surface area contributed by atoms with Crippen molar-refractivity contribution in [1.82, 2.24) is 0 Å². The predicted molar refractivity (Wildman–Crippen MR) is 220 cm³/mol. The fourth-order valence-corrected chi connectivity index (χ4v) is 5.06. The van der Waals surface area contributed by atoms with Gasteiger partial charge in [0.25, 0.3) is 0 Å². The summed E-state index contributed by atoms with van der Waals surface area (Å²) < 4.78 is 19.7. The van der Waals surface area contributed by atoms with E-state index in [-0.39, 0.29) is 18.6 Å². The summed E-state index contributed by atoms with van der Waals surface area (Å²) in [6.45, 7) is 4.50. The zero-order valence-corrected chi connectivity index (χ0v) is 29.8. The number of Topliss-reactive ketones (excluding diaryl/α,β-unsaturated/α-hetero) is 1. The van der Waals surface area contributed by atoms with Gasteiger partial charge in [0.2, 0.25) is 5.78 Å². The number of phenols is 1. The number of para-hydroxylation sites is 3. The Balaban J connectivity index is 0.000000197. The first-order valence-electron chi connectivity index (χ1n) is 15.7.